The van der Waals surface area contributed by atoms with Crippen molar-refractivity contribution in [1.82, 2.24) is 4.90 Å². The lowest BCUT2D eigenvalue weighted by atomic mass is 10.3. The molecule has 0 spiro atoms. The maximum absolute atomic E-state index is 11.0. The molecule has 1 aliphatic rings. The maximum Gasteiger partial charge on any atom is 0.409 e. The van der Waals surface area contributed by atoms with Crippen LogP contribution in [0.4, 0.5) is 4.79 Å². The topological polar surface area (TPSA) is 76.1 Å². The Balaban J connectivity index is 2.27. The van der Waals surface area contributed by atoms with Gasteiger partial charge in [-0.1, -0.05) is 0 Å². The van der Waals surface area contributed by atoms with Gasteiger partial charge in [0.1, 0.15) is 6.61 Å². The molecule has 80 valence electrons. The first kappa shape index (κ1) is 10.8. The summed E-state index contributed by atoms with van der Waals surface area (Å²) in [5.74, 6) is -0.999. The molecule has 1 saturated heterocycles. The van der Waals surface area contributed by atoms with Crippen LogP contribution in [0.5, 0.6) is 0 Å². The van der Waals surface area contributed by atoms with Gasteiger partial charge < -0.3 is 19.5 Å². The summed E-state index contributed by atoms with van der Waals surface area (Å²) < 4.78 is 9.56. The minimum atomic E-state index is -0.999. The third-order valence-electron chi connectivity index (χ3n) is 2.02. The van der Waals surface area contributed by atoms with Gasteiger partial charge in [-0.3, -0.25) is 0 Å². The number of methoxy groups -OCH3 is 1. The molecule has 0 aliphatic carbocycles. The molecule has 1 atom stereocenters. The summed E-state index contributed by atoms with van der Waals surface area (Å²) >= 11 is 0. The van der Waals surface area contributed by atoms with Crippen LogP contribution in [-0.2, 0) is 14.3 Å². The van der Waals surface area contributed by atoms with Crippen LogP contribution in [0.2, 0.25) is 0 Å². The third-order valence-corrected chi connectivity index (χ3v) is 2.02. The van der Waals surface area contributed by atoms with E-state index < -0.39 is 12.1 Å². The van der Waals surface area contributed by atoms with E-state index >= 15 is 0 Å². The SMILES string of the molecule is COC(=O)N1CCC(OCC(=O)O)C1. The molecule has 0 radical (unpaired) electrons. The van der Waals surface area contributed by atoms with Crippen LogP contribution in [0, 0.1) is 0 Å². The first-order chi connectivity index (χ1) is 6.63. The predicted octanol–water partition coefficient (Wildman–Crippen LogP) is -0.0717. The van der Waals surface area contributed by atoms with Crippen LogP contribution in [-0.4, -0.2) is 55.0 Å². The van der Waals surface area contributed by atoms with Gasteiger partial charge in [0.15, 0.2) is 0 Å². The standard InChI is InChI=1S/C8H13NO5/c1-13-8(12)9-3-2-6(4-9)14-5-7(10)11/h6H,2-5H2,1H3,(H,10,11). The van der Waals surface area contributed by atoms with E-state index in [-0.39, 0.29) is 12.7 Å². The lowest BCUT2D eigenvalue weighted by molar-refractivity contribution is -0.144. The highest BCUT2D eigenvalue weighted by atomic mass is 16.5. The van der Waals surface area contributed by atoms with Crippen LogP contribution in [0.15, 0.2) is 0 Å². The molecule has 1 heterocycles. The van der Waals surface area contributed by atoms with E-state index in [1.54, 1.807) is 0 Å². The second kappa shape index (κ2) is 4.80. The van der Waals surface area contributed by atoms with Gasteiger partial charge in [-0.25, -0.2) is 9.59 Å². The number of ether oxygens (including phenoxy) is 2. The zero-order valence-electron chi connectivity index (χ0n) is 7.93. The van der Waals surface area contributed by atoms with Crippen LogP contribution in [0.1, 0.15) is 6.42 Å². The molecule has 1 fully saturated rings. The number of carbonyl (C=O) groups is 2. The van der Waals surface area contributed by atoms with Crippen molar-refractivity contribution < 1.29 is 24.2 Å². The van der Waals surface area contributed by atoms with Gasteiger partial charge in [0, 0.05) is 6.54 Å². The summed E-state index contributed by atoms with van der Waals surface area (Å²) in [6.07, 6.45) is 0.0687. The number of amides is 1. The number of hydrogen-bond donors (Lipinski definition) is 1. The summed E-state index contributed by atoms with van der Waals surface area (Å²) in [4.78, 5) is 22.7. The monoisotopic (exact) mass is 203 g/mol. The molecular weight excluding hydrogens is 190 g/mol. The van der Waals surface area contributed by atoms with Gasteiger partial charge in [-0.15, -0.1) is 0 Å². The predicted molar refractivity (Wildman–Crippen MR) is 46.0 cm³/mol. The summed E-state index contributed by atoms with van der Waals surface area (Å²) in [5, 5.41) is 8.36. The molecule has 1 rings (SSSR count). The van der Waals surface area contributed by atoms with Gasteiger partial charge in [0.05, 0.1) is 19.8 Å². The van der Waals surface area contributed by atoms with Crippen LogP contribution >= 0.6 is 0 Å². The summed E-state index contributed by atoms with van der Waals surface area (Å²) in [7, 11) is 1.31. The van der Waals surface area contributed by atoms with Gasteiger partial charge in [-0.2, -0.15) is 0 Å². The van der Waals surface area contributed by atoms with Gasteiger partial charge in [0.25, 0.3) is 0 Å². The van der Waals surface area contributed by atoms with Crippen LogP contribution < -0.4 is 0 Å². The molecule has 6 heteroatoms. The molecule has 1 unspecified atom stereocenters. The smallest absolute Gasteiger partial charge is 0.409 e. The minimum Gasteiger partial charge on any atom is -0.480 e. The Morgan fingerprint density at radius 3 is 2.86 bits per heavy atom. The molecule has 1 aliphatic heterocycles. The van der Waals surface area contributed by atoms with E-state index in [1.165, 1.54) is 12.0 Å². The zero-order chi connectivity index (χ0) is 10.6. The Labute approximate surface area is 81.4 Å². The van der Waals surface area contributed by atoms with Crippen molar-refractivity contribution in [3.05, 3.63) is 0 Å². The Kier molecular flexibility index (Phi) is 3.70. The number of rotatable bonds is 3. The summed E-state index contributed by atoms with van der Waals surface area (Å²) in [5.41, 5.74) is 0. The summed E-state index contributed by atoms with van der Waals surface area (Å²) in [6, 6.07) is 0. The van der Waals surface area contributed by atoms with Crippen molar-refractivity contribution in [3.8, 4) is 0 Å². The molecule has 0 aromatic rings. The Morgan fingerprint density at radius 1 is 1.57 bits per heavy atom. The number of likely N-dealkylation sites (tertiary alicyclic amines) is 1. The molecular formula is C8H13NO5. The van der Waals surface area contributed by atoms with Gasteiger partial charge in [-0.05, 0) is 6.42 Å². The molecule has 0 bridgehead atoms. The average molecular weight is 203 g/mol. The lowest BCUT2D eigenvalue weighted by Crippen LogP contribution is -2.30. The Bertz CT molecular complexity index is 230. The van der Waals surface area contributed by atoms with Crippen molar-refractivity contribution in [1.29, 1.82) is 0 Å². The first-order valence-electron chi connectivity index (χ1n) is 4.29. The fourth-order valence-electron chi connectivity index (χ4n) is 1.35. The molecule has 0 saturated carbocycles. The van der Waals surface area contributed by atoms with Crippen molar-refractivity contribution in [2.75, 3.05) is 26.8 Å². The summed E-state index contributed by atoms with van der Waals surface area (Å²) in [6.45, 7) is 0.636. The fraction of sp³-hybridized carbons (Fsp3) is 0.750. The Morgan fingerprint density at radius 2 is 2.29 bits per heavy atom. The normalized spacial score (nSPS) is 20.9. The second-order valence-electron chi connectivity index (χ2n) is 3.03. The molecule has 1 N–H and O–H groups in total. The maximum atomic E-state index is 11.0. The highest BCUT2D eigenvalue weighted by Gasteiger charge is 2.27. The van der Waals surface area contributed by atoms with Crippen molar-refractivity contribution in [2.45, 2.75) is 12.5 Å². The van der Waals surface area contributed by atoms with Crippen LogP contribution in [0.3, 0.4) is 0 Å². The van der Waals surface area contributed by atoms with E-state index in [0.29, 0.717) is 19.5 Å². The molecule has 0 aromatic heterocycles. The number of aliphatic carboxylic acids is 1. The minimum absolute atomic E-state index is 0.190. The van der Waals surface area contributed by atoms with Crippen molar-refractivity contribution in [2.24, 2.45) is 0 Å². The lowest BCUT2D eigenvalue weighted by Gasteiger charge is -2.14. The van der Waals surface area contributed by atoms with E-state index in [4.69, 9.17) is 9.84 Å². The zero-order valence-corrected chi connectivity index (χ0v) is 7.93. The first-order valence-corrected chi connectivity index (χ1v) is 4.29. The quantitative estimate of drug-likeness (QED) is 0.694. The average Bonchev–Trinajstić information content (AvgIpc) is 2.62. The van der Waals surface area contributed by atoms with Gasteiger partial charge >= 0.3 is 12.1 Å². The Hall–Kier alpha value is -1.30. The largest absolute Gasteiger partial charge is 0.480 e. The van der Waals surface area contributed by atoms with Gasteiger partial charge in [0.2, 0.25) is 0 Å². The number of hydrogen-bond acceptors (Lipinski definition) is 4. The highest BCUT2D eigenvalue weighted by molar-refractivity contribution is 5.68. The number of nitrogens with zero attached hydrogens (tertiary/aromatic N) is 1. The van der Waals surface area contributed by atoms with E-state index in [0.717, 1.165) is 0 Å². The molecule has 6 nitrogen and oxygen atoms in total. The number of carbonyl (C=O) groups excluding carboxylic acids is 1. The third kappa shape index (κ3) is 2.88. The van der Waals surface area contributed by atoms with E-state index in [9.17, 15) is 9.59 Å². The molecule has 0 aromatic carbocycles. The molecule has 14 heavy (non-hydrogen) atoms. The molecule has 1 amide bonds. The van der Waals surface area contributed by atoms with Crippen molar-refractivity contribution >= 4 is 12.1 Å². The second-order valence-corrected chi connectivity index (χ2v) is 3.03. The van der Waals surface area contributed by atoms with Crippen LogP contribution in [0.25, 0.3) is 0 Å². The van der Waals surface area contributed by atoms with Crippen molar-refractivity contribution in [3.63, 3.8) is 0 Å². The highest BCUT2D eigenvalue weighted by Crippen LogP contribution is 2.13. The van der Waals surface area contributed by atoms with E-state index in [1.807, 2.05) is 0 Å². The van der Waals surface area contributed by atoms with E-state index in [2.05, 4.69) is 4.74 Å². The fourth-order valence-corrected chi connectivity index (χ4v) is 1.35. The number of carboxylic acids is 1. The number of carboxylic acid groups (broad SMARTS) is 1.